The number of aryl methyl sites for hydroxylation is 1. The van der Waals surface area contributed by atoms with Crippen LogP contribution < -0.4 is 4.90 Å². The smallest absolute Gasteiger partial charge is 0.129 e. The summed E-state index contributed by atoms with van der Waals surface area (Å²) in [6.45, 7) is 4.07. The number of nitrogens with zero attached hydrogens (tertiary/aromatic N) is 3. The summed E-state index contributed by atoms with van der Waals surface area (Å²) < 4.78 is 0. The average Bonchev–Trinajstić information content (AvgIpc) is 2.15. The van der Waals surface area contributed by atoms with Gasteiger partial charge >= 0.3 is 0 Å². The van der Waals surface area contributed by atoms with Gasteiger partial charge in [-0.15, -0.1) is 0 Å². The van der Waals surface area contributed by atoms with E-state index in [2.05, 4.69) is 11.1 Å². The molecule has 0 aliphatic rings. The Bertz CT molecular complexity index is 382. The third-order valence-corrected chi connectivity index (χ3v) is 2.00. The average molecular weight is 205 g/mol. The minimum atomic E-state index is -0.414. The van der Waals surface area contributed by atoms with Crippen LogP contribution in [-0.4, -0.2) is 29.8 Å². The molecule has 0 radical (unpaired) electrons. The molecule has 1 N–H and O–H groups in total. The van der Waals surface area contributed by atoms with Crippen LogP contribution in [0.2, 0.25) is 0 Å². The normalized spacial score (nSPS) is 11.9. The minimum absolute atomic E-state index is 0.414. The molecule has 1 unspecified atom stereocenters. The topological polar surface area (TPSA) is 60.2 Å². The van der Waals surface area contributed by atoms with Crippen LogP contribution in [-0.2, 0) is 0 Å². The summed E-state index contributed by atoms with van der Waals surface area (Å²) in [6.07, 6.45) is -0.414. The van der Waals surface area contributed by atoms with Crippen molar-refractivity contribution in [1.29, 1.82) is 5.26 Å². The lowest BCUT2D eigenvalue weighted by Gasteiger charge is -2.20. The van der Waals surface area contributed by atoms with Crippen molar-refractivity contribution in [2.24, 2.45) is 0 Å². The molecule has 15 heavy (non-hydrogen) atoms. The number of rotatable bonds is 3. The maximum Gasteiger partial charge on any atom is 0.129 e. The number of likely N-dealkylation sites (N-methyl/N-ethyl adjacent to an activating group) is 1. The predicted molar refractivity (Wildman–Crippen MR) is 58.6 cm³/mol. The monoisotopic (exact) mass is 205 g/mol. The summed E-state index contributed by atoms with van der Waals surface area (Å²) in [6, 6.07) is 5.54. The molecule has 0 aromatic carbocycles. The molecular formula is C11H15N3O. The predicted octanol–water partition coefficient (Wildman–Crippen LogP) is 1.08. The van der Waals surface area contributed by atoms with E-state index in [1.165, 1.54) is 0 Å². The molecule has 1 atom stereocenters. The van der Waals surface area contributed by atoms with Crippen molar-refractivity contribution in [3.63, 3.8) is 0 Å². The van der Waals surface area contributed by atoms with Gasteiger partial charge in [0, 0.05) is 19.3 Å². The fourth-order valence-corrected chi connectivity index (χ4v) is 1.40. The molecule has 1 aromatic rings. The standard InChI is InChI=1S/C11H15N3O/c1-8-4-10(6-12)5-11(13-8)14(3)7-9(2)15/h4-5,9,15H,7H2,1-3H3. The van der Waals surface area contributed by atoms with Crippen LogP contribution in [0.4, 0.5) is 5.82 Å². The largest absolute Gasteiger partial charge is 0.392 e. The molecule has 4 heteroatoms. The van der Waals surface area contributed by atoms with Crippen molar-refractivity contribution in [3.8, 4) is 6.07 Å². The fraction of sp³-hybridized carbons (Fsp3) is 0.455. The maximum absolute atomic E-state index is 9.25. The van der Waals surface area contributed by atoms with Gasteiger partial charge in [-0.05, 0) is 26.0 Å². The molecule has 0 bridgehead atoms. The Morgan fingerprint density at radius 3 is 2.80 bits per heavy atom. The Balaban J connectivity index is 2.94. The van der Waals surface area contributed by atoms with E-state index < -0.39 is 6.10 Å². The number of hydrogen-bond acceptors (Lipinski definition) is 4. The first-order valence-corrected chi connectivity index (χ1v) is 4.81. The SMILES string of the molecule is Cc1cc(C#N)cc(N(C)CC(C)O)n1. The summed E-state index contributed by atoms with van der Waals surface area (Å²) in [7, 11) is 1.84. The van der Waals surface area contributed by atoms with Gasteiger partial charge < -0.3 is 10.0 Å². The molecule has 0 fully saturated rings. The zero-order chi connectivity index (χ0) is 11.4. The Labute approximate surface area is 89.8 Å². The number of anilines is 1. The molecule has 4 nitrogen and oxygen atoms in total. The molecular weight excluding hydrogens is 190 g/mol. The molecule has 0 aliphatic heterocycles. The minimum Gasteiger partial charge on any atom is -0.392 e. The zero-order valence-electron chi connectivity index (χ0n) is 9.23. The number of pyridine rings is 1. The first kappa shape index (κ1) is 11.5. The summed E-state index contributed by atoms with van der Waals surface area (Å²) in [5, 5.41) is 18.0. The third-order valence-electron chi connectivity index (χ3n) is 2.00. The molecule has 0 saturated carbocycles. The number of hydrogen-bond donors (Lipinski definition) is 1. The highest BCUT2D eigenvalue weighted by atomic mass is 16.3. The second kappa shape index (κ2) is 4.76. The van der Waals surface area contributed by atoms with E-state index in [1.54, 1.807) is 19.1 Å². The Morgan fingerprint density at radius 1 is 1.60 bits per heavy atom. The quantitative estimate of drug-likeness (QED) is 0.802. The second-order valence-corrected chi connectivity index (χ2v) is 3.70. The van der Waals surface area contributed by atoms with Crippen LogP contribution in [0.15, 0.2) is 12.1 Å². The van der Waals surface area contributed by atoms with E-state index in [0.717, 1.165) is 5.69 Å². The zero-order valence-corrected chi connectivity index (χ0v) is 9.23. The van der Waals surface area contributed by atoms with E-state index in [1.807, 2.05) is 18.9 Å². The molecule has 0 aliphatic carbocycles. The van der Waals surface area contributed by atoms with E-state index >= 15 is 0 Å². The van der Waals surface area contributed by atoms with Crippen LogP contribution in [0.1, 0.15) is 18.2 Å². The number of nitriles is 1. The summed E-state index contributed by atoms with van der Waals surface area (Å²) in [5.74, 6) is 0.715. The number of aliphatic hydroxyl groups excluding tert-OH is 1. The van der Waals surface area contributed by atoms with Gasteiger partial charge in [0.2, 0.25) is 0 Å². The molecule has 0 saturated heterocycles. The van der Waals surface area contributed by atoms with Crippen LogP contribution >= 0.6 is 0 Å². The Morgan fingerprint density at radius 2 is 2.27 bits per heavy atom. The first-order valence-electron chi connectivity index (χ1n) is 4.81. The van der Waals surface area contributed by atoms with Gasteiger partial charge in [0.25, 0.3) is 0 Å². The maximum atomic E-state index is 9.25. The molecule has 1 rings (SSSR count). The highest BCUT2D eigenvalue weighted by molar-refractivity contribution is 5.46. The fourth-order valence-electron chi connectivity index (χ4n) is 1.40. The summed E-state index contributed by atoms with van der Waals surface area (Å²) in [4.78, 5) is 6.13. The van der Waals surface area contributed by atoms with Crippen molar-refractivity contribution in [1.82, 2.24) is 4.98 Å². The van der Waals surface area contributed by atoms with Gasteiger partial charge in [0.1, 0.15) is 5.82 Å². The van der Waals surface area contributed by atoms with Gasteiger partial charge in [-0.25, -0.2) is 4.98 Å². The Hall–Kier alpha value is -1.60. The molecule has 0 spiro atoms. The Kier molecular flexibility index (Phi) is 3.64. The van der Waals surface area contributed by atoms with Gasteiger partial charge in [0.05, 0.1) is 17.7 Å². The molecule has 1 aromatic heterocycles. The van der Waals surface area contributed by atoms with Crippen molar-refractivity contribution in [2.75, 3.05) is 18.5 Å². The van der Waals surface area contributed by atoms with Gasteiger partial charge in [0.15, 0.2) is 0 Å². The van der Waals surface area contributed by atoms with Crippen molar-refractivity contribution in [2.45, 2.75) is 20.0 Å². The first-order chi connectivity index (χ1) is 7.02. The van der Waals surface area contributed by atoms with Crippen molar-refractivity contribution >= 4 is 5.82 Å². The number of aromatic nitrogens is 1. The summed E-state index contributed by atoms with van der Waals surface area (Å²) in [5.41, 5.74) is 1.40. The lowest BCUT2D eigenvalue weighted by Crippen LogP contribution is -2.27. The molecule has 80 valence electrons. The van der Waals surface area contributed by atoms with E-state index in [9.17, 15) is 5.11 Å². The van der Waals surface area contributed by atoms with Gasteiger partial charge in [-0.3, -0.25) is 0 Å². The van der Waals surface area contributed by atoms with Crippen molar-refractivity contribution < 1.29 is 5.11 Å². The van der Waals surface area contributed by atoms with Crippen LogP contribution in [0.5, 0.6) is 0 Å². The van der Waals surface area contributed by atoms with Gasteiger partial charge in [-0.2, -0.15) is 5.26 Å². The number of aliphatic hydroxyl groups is 1. The van der Waals surface area contributed by atoms with Gasteiger partial charge in [-0.1, -0.05) is 0 Å². The highest BCUT2D eigenvalue weighted by Gasteiger charge is 2.07. The molecule has 1 heterocycles. The van der Waals surface area contributed by atoms with E-state index in [-0.39, 0.29) is 0 Å². The summed E-state index contributed by atoms with van der Waals surface area (Å²) >= 11 is 0. The second-order valence-electron chi connectivity index (χ2n) is 3.70. The van der Waals surface area contributed by atoms with Crippen LogP contribution in [0, 0.1) is 18.3 Å². The van der Waals surface area contributed by atoms with Crippen LogP contribution in [0.25, 0.3) is 0 Å². The van der Waals surface area contributed by atoms with Crippen molar-refractivity contribution in [3.05, 3.63) is 23.4 Å². The van der Waals surface area contributed by atoms with E-state index in [0.29, 0.717) is 17.9 Å². The van der Waals surface area contributed by atoms with E-state index in [4.69, 9.17) is 5.26 Å². The third kappa shape index (κ3) is 3.22. The lowest BCUT2D eigenvalue weighted by molar-refractivity contribution is 0.201. The van der Waals surface area contributed by atoms with Crippen LogP contribution in [0.3, 0.4) is 0 Å². The lowest BCUT2D eigenvalue weighted by atomic mass is 10.2. The molecule has 0 amide bonds. The highest BCUT2D eigenvalue weighted by Crippen LogP contribution is 2.13.